The van der Waals surface area contributed by atoms with Crippen molar-refractivity contribution in [1.82, 2.24) is 10.2 Å². The van der Waals surface area contributed by atoms with E-state index in [0.29, 0.717) is 11.6 Å². The Hall–Kier alpha value is 0.270. The molecule has 0 aromatic rings. The highest BCUT2D eigenvalue weighted by Gasteiger charge is 2.35. The van der Waals surface area contributed by atoms with Gasteiger partial charge < -0.3 is 5.32 Å². The van der Waals surface area contributed by atoms with Crippen LogP contribution in [0.2, 0.25) is 0 Å². The molecular weight excluding hydrogens is 240 g/mol. The lowest BCUT2D eigenvalue weighted by atomic mass is 9.90. The van der Waals surface area contributed by atoms with Crippen molar-refractivity contribution >= 4 is 11.8 Å². The van der Waals surface area contributed by atoms with Crippen LogP contribution in [0.15, 0.2) is 0 Å². The van der Waals surface area contributed by atoms with Crippen molar-refractivity contribution in [3.05, 3.63) is 0 Å². The second-order valence-electron chi connectivity index (χ2n) is 6.20. The van der Waals surface area contributed by atoms with Crippen LogP contribution in [0.1, 0.15) is 47.5 Å². The van der Waals surface area contributed by atoms with Gasteiger partial charge in [0.25, 0.3) is 0 Å². The molecule has 2 unspecified atom stereocenters. The Morgan fingerprint density at radius 3 is 2.67 bits per heavy atom. The van der Waals surface area contributed by atoms with E-state index in [1.54, 1.807) is 0 Å². The van der Waals surface area contributed by atoms with Crippen molar-refractivity contribution in [1.29, 1.82) is 0 Å². The molecule has 108 valence electrons. The summed E-state index contributed by atoms with van der Waals surface area (Å²) in [5, 5.41) is 3.76. The van der Waals surface area contributed by atoms with E-state index in [0.717, 1.165) is 12.5 Å². The highest BCUT2D eigenvalue weighted by molar-refractivity contribution is 7.99. The summed E-state index contributed by atoms with van der Waals surface area (Å²) in [6.45, 7) is 15.3. The number of thioether (sulfide) groups is 1. The number of nitrogens with zero attached hydrogens (tertiary/aromatic N) is 1. The number of hydrogen-bond acceptors (Lipinski definition) is 3. The van der Waals surface area contributed by atoms with E-state index in [1.807, 2.05) is 0 Å². The maximum absolute atomic E-state index is 3.76. The first kappa shape index (κ1) is 16.3. The van der Waals surface area contributed by atoms with E-state index in [2.05, 4.69) is 56.6 Å². The Kier molecular flexibility index (Phi) is 7.04. The molecule has 1 fully saturated rings. The Morgan fingerprint density at radius 2 is 2.11 bits per heavy atom. The normalized spacial score (nSPS) is 30.0. The number of rotatable bonds is 7. The van der Waals surface area contributed by atoms with Crippen LogP contribution in [-0.4, -0.2) is 47.6 Å². The molecule has 0 aliphatic carbocycles. The van der Waals surface area contributed by atoms with Gasteiger partial charge in [0.05, 0.1) is 0 Å². The fourth-order valence-corrected chi connectivity index (χ4v) is 3.42. The summed E-state index contributed by atoms with van der Waals surface area (Å²) < 4.78 is 0. The molecule has 18 heavy (non-hydrogen) atoms. The summed E-state index contributed by atoms with van der Waals surface area (Å²) in [4.78, 5) is 2.74. The Morgan fingerprint density at radius 1 is 1.39 bits per heavy atom. The third kappa shape index (κ3) is 4.75. The van der Waals surface area contributed by atoms with E-state index in [4.69, 9.17) is 0 Å². The van der Waals surface area contributed by atoms with Crippen LogP contribution in [0.4, 0.5) is 0 Å². The van der Waals surface area contributed by atoms with Gasteiger partial charge in [-0.1, -0.05) is 27.7 Å². The van der Waals surface area contributed by atoms with Crippen molar-refractivity contribution < 1.29 is 0 Å². The highest BCUT2D eigenvalue weighted by Crippen LogP contribution is 2.25. The minimum Gasteiger partial charge on any atom is -0.311 e. The molecule has 0 saturated carbocycles. The molecule has 1 N–H and O–H groups in total. The SMILES string of the molecule is CCSCCN1CC(CC(C)C)NCC1(C)CC. The molecule has 2 atom stereocenters. The van der Waals surface area contributed by atoms with Crippen LogP contribution in [0.3, 0.4) is 0 Å². The molecule has 0 amide bonds. The minimum absolute atomic E-state index is 0.363. The summed E-state index contributed by atoms with van der Waals surface area (Å²) in [6.07, 6.45) is 2.54. The zero-order valence-electron chi connectivity index (χ0n) is 13.0. The lowest BCUT2D eigenvalue weighted by Gasteiger charge is -2.48. The van der Waals surface area contributed by atoms with Crippen LogP contribution in [-0.2, 0) is 0 Å². The third-order valence-electron chi connectivity index (χ3n) is 4.20. The van der Waals surface area contributed by atoms with E-state index in [1.165, 1.54) is 37.4 Å². The molecule has 0 radical (unpaired) electrons. The number of nitrogens with one attached hydrogen (secondary N) is 1. The highest BCUT2D eigenvalue weighted by atomic mass is 32.2. The molecule has 1 aliphatic rings. The van der Waals surface area contributed by atoms with Gasteiger partial charge in [-0.25, -0.2) is 0 Å². The predicted molar refractivity (Wildman–Crippen MR) is 84.5 cm³/mol. The molecule has 1 heterocycles. The lowest BCUT2D eigenvalue weighted by Crippen LogP contribution is -2.63. The van der Waals surface area contributed by atoms with Crippen LogP contribution in [0.25, 0.3) is 0 Å². The summed E-state index contributed by atoms with van der Waals surface area (Å²) in [5.41, 5.74) is 0.363. The second kappa shape index (κ2) is 7.76. The van der Waals surface area contributed by atoms with E-state index in [9.17, 15) is 0 Å². The first-order chi connectivity index (χ1) is 8.51. The Balaban J connectivity index is 2.53. The summed E-state index contributed by atoms with van der Waals surface area (Å²) >= 11 is 2.07. The molecule has 1 rings (SSSR count). The quantitative estimate of drug-likeness (QED) is 0.716. The summed E-state index contributed by atoms with van der Waals surface area (Å²) in [7, 11) is 0. The van der Waals surface area contributed by atoms with Crippen molar-refractivity contribution in [3.8, 4) is 0 Å². The molecule has 1 aliphatic heterocycles. The monoisotopic (exact) mass is 272 g/mol. The van der Waals surface area contributed by atoms with Gasteiger partial charge in [0.2, 0.25) is 0 Å². The average Bonchev–Trinajstić information content (AvgIpc) is 2.33. The topological polar surface area (TPSA) is 15.3 Å². The van der Waals surface area contributed by atoms with Crippen LogP contribution in [0.5, 0.6) is 0 Å². The first-order valence-corrected chi connectivity index (χ1v) is 8.73. The molecule has 2 nitrogen and oxygen atoms in total. The van der Waals surface area contributed by atoms with Gasteiger partial charge in [0.15, 0.2) is 0 Å². The first-order valence-electron chi connectivity index (χ1n) is 7.58. The van der Waals surface area contributed by atoms with Gasteiger partial charge in [-0.05, 0) is 31.4 Å². The van der Waals surface area contributed by atoms with Crippen molar-refractivity contribution in [2.45, 2.75) is 59.0 Å². The Labute approximate surface area is 118 Å². The largest absolute Gasteiger partial charge is 0.311 e. The molecular formula is C15H32N2S. The molecule has 0 aromatic carbocycles. The zero-order chi connectivity index (χ0) is 13.6. The van der Waals surface area contributed by atoms with Gasteiger partial charge in [0, 0.05) is 37.0 Å². The van der Waals surface area contributed by atoms with E-state index < -0.39 is 0 Å². The lowest BCUT2D eigenvalue weighted by molar-refractivity contribution is 0.0505. The number of piperazine rings is 1. The van der Waals surface area contributed by atoms with E-state index >= 15 is 0 Å². The van der Waals surface area contributed by atoms with Crippen LogP contribution in [0, 0.1) is 5.92 Å². The molecule has 3 heteroatoms. The third-order valence-corrected chi connectivity index (χ3v) is 5.08. The van der Waals surface area contributed by atoms with Crippen LogP contribution >= 0.6 is 11.8 Å². The minimum atomic E-state index is 0.363. The second-order valence-corrected chi connectivity index (χ2v) is 7.59. The van der Waals surface area contributed by atoms with Gasteiger partial charge >= 0.3 is 0 Å². The van der Waals surface area contributed by atoms with E-state index in [-0.39, 0.29) is 0 Å². The Bertz CT molecular complexity index is 233. The number of hydrogen-bond donors (Lipinski definition) is 1. The molecule has 0 aromatic heterocycles. The fraction of sp³-hybridized carbons (Fsp3) is 1.00. The van der Waals surface area contributed by atoms with Gasteiger partial charge in [-0.2, -0.15) is 11.8 Å². The van der Waals surface area contributed by atoms with Gasteiger partial charge in [0.1, 0.15) is 0 Å². The predicted octanol–water partition coefficient (Wildman–Crippen LogP) is 3.23. The molecule has 1 saturated heterocycles. The van der Waals surface area contributed by atoms with Crippen molar-refractivity contribution in [2.24, 2.45) is 5.92 Å². The zero-order valence-corrected chi connectivity index (χ0v) is 13.8. The molecule has 0 bridgehead atoms. The smallest absolute Gasteiger partial charge is 0.0304 e. The molecule has 0 spiro atoms. The van der Waals surface area contributed by atoms with Crippen LogP contribution < -0.4 is 5.32 Å². The van der Waals surface area contributed by atoms with Gasteiger partial charge in [-0.15, -0.1) is 0 Å². The van der Waals surface area contributed by atoms with Crippen molar-refractivity contribution in [2.75, 3.05) is 31.1 Å². The van der Waals surface area contributed by atoms with Crippen molar-refractivity contribution in [3.63, 3.8) is 0 Å². The standard InChI is InChI=1S/C15H32N2S/c1-6-15(5)12-16-14(10-13(3)4)11-17(15)8-9-18-7-2/h13-14,16H,6-12H2,1-5H3. The average molecular weight is 273 g/mol. The maximum atomic E-state index is 3.76. The summed E-state index contributed by atoms with van der Waals surface area (Å²) in [6, 6.07) is 0.691. The van der Waals surface area contributed by atoms with Gasteiger partial charge in [-0.3, -0.25) is 4.90 Å². The summed E-state index contributed by atoms with van der Waals surface area (Å²) in [5.74, 6) is 3.31. The fourth-order valence-electron chi connectivity index (χ4n) is 2.78. The maximum Gasteiger partial charge on any atom is 0.0304 e.